The van der Waals surface area contributed by atoms with E-state index in [9.17, 15) is 19.5 Å². The van der Waals surface area contributed by atoms with Crippen LogP contribution in [0.4, 0.5) is 4.79 Å². The first-order chi connectivity index (χ1) is 16.5. The van der Waals surface area contributed by atoms with Crippen LogP contribution in [0, 0.1) is 5.92 Å². The van der Waals surface area contributed by atoms with Crippen molar-refractivity contribution in [2.24, 2.45) is 5.92 Å². The normalized spacial score (nSPS) is 19.9. The molecule has 34 heavy (non-hydrogen) atoms. The number of fused-ring (bicyclic) bond motifs is 3. The van der Waals surface area contributed by atoms with Gasteiger partial charge in [0, 0.05) is 12.0 Å². The summed E-state index contributed by atoms with van der Waals surface area (Å²) in [4.78, 5) is 36.7. The molecule has 7 heteroatoms. The highest BCUT2D eigenvalue weighted by molar-refractivity contribution is 5.86. The van der Waals surface area contributed by atoms with E-state index in [0.717, 1.165) is 35.1 Å². The number of rotatable bonds is 8. The lowest BCUT2D eigenvalue weighted by atomic mass is 9.85. The highest BCUT2D eigenvalue weighted by Gasteiger charge is 2.31. The molecule has 2 aliphatic carbocycles. The van der Waals surface area contributed by atoms with Gasteiger partial charge in [-0.2, -0.15) is 0 Å². The minimum Gasteiger partial charge on any atom is -0.481 e. The van der Waals surface area contributed by atoms with Crippen LogP contribution in [0.25, 0.3) is 11.1 Å². The van der Waals surface area contributed by atoms with E-state index in [2.05, 4.69) is 29.3 Å². The molecule has 0 radical (unpaired) electrons. The van der Waals surface area contributed by atoms with Crippen molar-refractivity contribution in [1.29, 1.82) is 0 Å². The van der Waals surface area contributed by atoms with Gasteiger partial charge in [0.1, 0.15) is 12.6 Å². The van der Waals surface area contributed by atoms with Gasteiger partial charge in [0.15, 0.2) is 0 Å². The van der Waals surface area contributed by atoms with Crippen molar-refractivity contribution in [1.82, 2.24) is 10.6 Å². The largest absolute Gasteiger partial charge is 0.481 e. The molecule has 178 valence electrons. The Balaban J connectivity index is 1.36. The van der Waals surface area contributed by atoms with Gasteiger partial charge in [-0.15, -0.1) is 6.58 Å². The van der Waals surface area contributed by atoms with E-state index in [0.29, 0.717) is 12.8 Å². The number of carbonyl (C=O) groups excluding carboxylic acids is 2. The molecule has 2 aliphatic rings. The number of amides is 2. The Hall–Kier alpha value is -3.61. The average Bonchev–Trinajstić information content (AvgIpc) is 3.16. The van der Waals surface area contributed by atoms with Crippen LogP contribution in [-0.4, -0.2) is 41.8 Å². The monoisotopic (exact) mass is 462 g/mol. The van der Waals surface area contributed by atoms with Gasteiger partial charge in [-0.25, -0.2) is 4.79 Å². The molecule has 7 nitrogen and oxygen atoms in total. The zero-order valence-electron chi connectivity index (χ0n) is 19.0. The number of nitrogens with one attached hydrogen (secondary N) is 2. The first-order valence-corrected chi connectivity index (χ1v) is 11.7. The highest BCUT2D eigenvalue weighted by Crippen LogP contribution is 2.44. The first kappa shape index (κ1) is 23.5. The van der Waals surface area contributed by atoms with Crippen LogP contribution >= 0.6 is 0 Å². The zero-order valence-corrected chi connectivity index (χ0v) is 19.0. The van der Waals surface area contributed by atoms with Gasteiger partial charge in [-0.3, -0.25) is 9.59 Å². The lowest BCUT2D eigenvalue weighted by Gasteiger charge is -2.29. The molecule has 0 aliphatic heterocycles. The molecule has 1 unspecified atom stereocenters. The summed E-state index contributed by atoms with van der Waals surface area (Å²) in [6, 6.07) is 15.1. The summed E-state index contributed by atoms with van der Waals surface area (Å²) >= 11 is 0. The van der Waals surface area contributed by atoms with Crippen LogP contribution in [0.5, 0.6) is 0 Å². The molecule has 4 rings (SSSR count). The summed E-state index contributed by atoms with van der Waals surface area (Å²) in [7, 11) is 0. The third-order valence-electron chi connectivity index (χ3n) is 6.72. The van der Waals surface area contributed by atoms with Crippen LogP contribution < -0.4 is 10.6 Å². The number of carbonyl (C=O) groups is 3. The number of benzene rings is 2. The Morgan fingerprint density at radius 2 is 1.71 bits per heavy atom. The summed E-state index contributed by atoms with van der Waals surface area (Å²) in [5, 5.41) is 14.8. The molecule has 3 atom stereocenters. The van der Waals surface area contributed by atoms with Gasteiger partial charge in [0.05, 0.1) is 5.92 Å². The summed E-state index contributed by atoms with van der Waals surface area (Å²) in [6.45, 7) is 3.84. The number of carboxylic acids is 1. The number of hydrogen-bond donors (Lipinski definition) is 3. The van der Waals surface area contributed by atoms with E-state index in [1.165, 1.54) is 0 Å². The predicted octanol–water partition coefficient (Wildman–Crippen LogP) is 4.23. The third-order valence-corrected chi connectivity index (χ3v) is 6.72. The SMILES string of the molecule is C=CCC(NC(=O)OCC1c2ccccc2-c2ccccc21)C(=O)N[C@@H]1CCC[C@@H](C(=O)O)C1. The van der Waals surface area contributed by atoms with E-state index in [1.807, 2.05) is 36.4 Å². The molecule has 1 fully saturated rings. The van der Waals surface area contributed by atoms with Crippen molar-refractivity contribution in [3.63, 3.8) is 0 Å². The summed E-state index contributed by atoms with van der Waals surface area (Å²) < 4.78 is 5.56. The highest BCUT2D eigenvalue weighted by atomic mass is 16.5. The van der Waals surface area contributed by atoms with Crippen molar-refractivity contribution in [3.05, 3.63) is 72.3 Å². The Morgan fingerprint density at radius 3 is 2.32 bits per heavy atom. The molecular formula is C27H30N2O5. The quantitative estimate of drug-likeness (QED) is 0.509. The zero-order chi connectivity index (χ0) is 24.1. The Morgan fingerprint density at radius 1 is 1.06 bits per heavy atom. The Labute approximate surface area is 199 Å². The summed E-state index contributed by atoms with van der Waals surface area (Å²) in [5.41, 5.74) is 4.51. The second-order valence-electron chi connectivity index (χ2n) is 8.95. The standard InChI is InChI=1S/C27H30N2O5/c1-2-8-24(25(30)28-18-10-7-9-17(15-18)26(31)32)29-27(33)34-16-23-21-13-5-3-11-19(21)20-12-4-6-14-22(20)23/h2-6,11-14,17-18,23-24H,1,7-10,15-16H2,(H,28,30)(H,29,33)(H,31,32)/t17-,18-,24?/m1/s1. The number of ether oxygens (including phenoxy) is 1. The van der Waals surface area contributed by atoms with Crippen LogP contribution in [0.1, 0.15) is 49.1 Å². The van der Waals surface area contributed by atoms with E-state index in [-0.39, 0.29) is 30.9 Å². The van der Waals surface area contributed by atoms with Crippen LogP contribution in [-0.2, 0) is 14.3 Å². The molecule has 0 spiro atoms. The van der Waals surface area contributed by atoms with E-state index >= 15 is 0 Å². The van der Waals surface area contributed by atoms with Gasteiger partial charge < -0.3 is 20.5 Å². The smallest absolute Gasteiger partial charge is 0.407 e. The molecular weight excluding hydrogens is 432 g/mol. The molecule has 2 amide bonds. The fraction of sp³-hybridized carbons (Fsp3) is 0.370. The Bertz CT molecular complexity index is 1040. The summed E-state index contributed by atoms with van der Waals surface area (Å²) in [5.74, 6) is -1.71. The second-order valence-corrected chi connectivity index (χ2v) is 8.95. The summed E-state index contributed by atoms with van der Waals surface area (Å²) in [6.07, 6.45) is 3.62. The minimum absolute atomic E-state index is 0.0694. The minimum atomic E-state index is -0.835. The molecule has 0 bridgehead atoms. The van der Waals surface area contributed by atoms with Gasteiger partial charge in [-0.1, -0.05) is 61.0 Å². The van der Waals surface area contributed by atoms with Crippen LogP contribution in [0.15, 0.2) is 61.2 Å². The lowest BCUT2D eigenvalue weighted by Crippen LogP contribution is -2.50. The molecule has 0 saturated heterocycles. The number of hydrogen-bond acceptors (Lipinski definition) is 4. The van der Waals surface area contributed by atoms with Crippen molar-refractivity contribution in [3.8, 4) is 11.1 Å². The van der Waals surface area contributed by atoms with Crippen molar-refractivity contribution in [2.45, 2.75) is 50.1 Å². The maximum absolute atomic E-state index is 12.8. The van der Waals surface area contributed by atoms with Crippen molar-refractivity contribution in [2.75, 3.05) is 6.61 Å². The van der Waals surface area contributed by atoms with E-state index in [1.54, 1.807) is 6.08 Å². The van der Waals surface area contributed by atoms with Crippen molar-refractivity contribution >= 4 is 18.0 Å². The van der Waals surface area contributed by atoms with E-state index < -0.39 is 24.0 Å². The second kappa shape index (κ2) is 10.5. The topological polar surface area (TPSA) is 105 Å². The molecule has 2 aromatic rings. The lowest BCUT2D eigenvalue weighted by molar-refractivity contribution is -0.143. The molecule has 0 aromatic heterocycles. The first-order valence-electron chi connectivity index (χ1n) is 11.7. The molecule has 3 N–H and O–H groups in total. The Kier molecular flexibility index (Phi) is 7.30. The maximum Gasteiger partial charge on any atom is 0.407 e. The van der Waals surface area contributed by atoms with Crippen LogP contribution in [0.2, 0.25) is 0 Å². The molecule has 1 saturated carbocycles. The molecule has 0 heterocycles. The number of alkyl carbamates (subject to hydrolysis) is 1. The van der Waals surface area contributed by atoms with Crippen molar-refractivity contribution < 1.29 is 24.2 Å². The number of carboxylic acid groups (broad SMARTS) is 1. The average molecular weight is 463 g/mol. The fourth-order valence-electron chi connectivity index (χ4n) is 5.03. The predicted molar refractivity (Wildman–Crippen MR) is 128 cm³/mol. The van der Waals surface area contributed by atoms with Gasteiger partial charge in [0.2, 0.25) is 5.91 Å². The van der Waals surface area contributed by atoms with Crippen LogP contribution in [0.3, 0.4) is 0 Å². The number of aliphatic carboxylic acids is 1. The fourth-order valence-corrected chi connectivity index (χ4v) is 5.03. The maximum atomic E-state index is 12.8. The third kappa shape index (κ3) is 5.14. The van der Waals surface area contributed by atoms with Gasteiger partial charge in [0.25, 0.3) is 0 Å². The van der Waals surface area contributed by atoms with Gasteiger partial charge >= 0.3 is 12.1 Å². The molecule has 2 aromatic carbocycles. The van der Waals surface area contributed by atoms with E-state index in [4.69, 9.17) is 4.74 Å². The van der Waals surface area contributed by atoms with Gasteiger partial charge in [-0.05, 0) is 47.9 Å².